The molecule has 0 fully saturated rings. The van der Waals surface area contributed by atoms with Crippen LogP contribution in [0.3, 0.4) is 0 Å². The molecule has 55 valence electrons. The van der Waals surface area contributed by atoms with E-state index in [0.717, 1.165) is 0 Å². The molecule has 10 heavy (non-hydrogen) atoms. The van der Waals surface area contributed by atoms with Crippen LogP contribution in [0.1, 0.15) is 11.4 Å². The van der Waals surface area contributed by atoms with Gasteiger partial charge in [0.15, 0.2) is 0 Å². The molecule has 0 amide bonds. The predicted octanol–water partition coefficient (Wildman–Crippen LogP) is -5.19. The quantitative estimate of drug-likeness (QED) is 0.478. The van der Waals surface area contributed by atoms with Gasteiger partial charge in [-0.15, -0.1) is 0 Å². The normalized spacial score (nSPS) is 8.00. The van der Waals surface area contributed by atoms with E-state index in [1.165, 1.54) is 39.4 Å². The van der Waals surface area contributed by atoms with Gasteiger partial charge in [-0.25, -0.2) is 0 Å². The minimum absolute atomic E-state index is 0. The van der Waals surface area contributed by atoms with Gasteiger partial charge in [0.05, 0.1) is 0 Å². The van der Waals surface area contributed by atoms with Crippen LogP contribution in [0.2, 0.25) is 0 Å². The van der Waals surface area contributed by atoms with Gasteiger partial charge < -0.3 is 24.8 Å². The topological polar surface area (TPSA) is 15.8 Å². The maximum atomic E-state index is 3.23. The number of nitrogens with one attached hydrogen (secondary N) is 1. The standard InChI is InChI=1S/C6H8N.2ClH.Zr/c1-5-3-4-6(2)7-5;;;/h3,7H,1-2H3;2*1H;/q;;;+2/p-2. The fourth-order valence-corrected chi connectivity index (χ4v) is 1.41. The molecule has 1 nitrogen and oxygen atoms in total. The molecule has 0 aliphatic heterocycles. The largest absolute Gasteiger partial charge is 1.00 e. The van der Waals surface area contributed by atoms with Crippen LogP contribution in [0.5, 0.6) is 0 Å². The molecule has 0 atom stereocenters. The Kier molecular flexibility index (Phi) is 7.21. The number of aryl methyl sites for hydroxylation is 2. The smallest absolute Gasteiger partial charge is 1.00 e. The SMILES string of the molecule is Cc1c[c]([Zr+2])c(C)[nH]1.[Cl-].[Cl-]. The van der Waals surface area contributed by atoms with Crippen molar-refractivity contribution < 1.29 is 49.5 Å². The van der Waals surface area contributed by atoms with E-state index in [1.54, 1.807) is 0 Å². The molecular weight excluding hydrogens is 248 g/mol. The molecule has 0 saturated carbocycles. The molecule has 0 aliphatic rings. The number of aromatic amines is 1. The van der Waals surface area contributed by atoms with E-state index in [0.29, 0.717) is 0 Å². The summed E-state index contributed by atoms with van der Waals surface area (Å²) in [4.78, 5) is 3.23. The number of aromatic nitrogens is 1. The molecule has 0 unspecified atom stereocenters. The molecule has 1 aromatic heterocycles. The van der Waals surface area contributed by atoms with E-state index in [1.807, 2.05) is 0 Å². The van der Waals surface area contributed by atoms with Crippen molar-refractivity contribution in [1.82, 2.24) is 4.98 Å². The van der Waals surface area contributed by atoms with Gasteiger partial charge in [0.1, 0.15) is 0 Å². The fourth-order valence-electron chi connectivity index (χ4n) is 0.724. The molecule has 0 aromatic carbocycles. The summed E-state index contributed by atoms with van der Waals surface area (Å²) in [6.45, 7) is 4.19. The van der Waals surface area contributed by atoms with Crippen LogP contribution in [-0.4, -0.2) is 4.98 Å². The summed E-state index contributed by atoms with van der Waals surface area (Å²) < 4.78 is 1.44. The first-order valence-electron chi connectivity index (χ1n) is 2.58. The van der Waals surface area contributed by atoms with Crippen LogP contribution in [0.25, 0.3) is 0 Å². The summed E-state index contributed by atoms with van der Waals surface area (Å²) >= 11 is 1.50. The number of hydrogen-bond acceptors (Lipinski definition) is 0. The van der Waals surface area contributed by atoms with Crippen molar-refractivity contribution in [3.63, 3.8) is 0 Å². The van der Waals surface area contributed by atoms with Crippen LogP contribution in [0.15, 0.2) is 6.07 Å². The molecule has 1 aromatic rings. The maximum Gasteiger partial charge on any atom is -1.00 e. The van der Waals surface area contributed by atoms with Crippen molar-refractivity contribution in [3.05, 3.63) is 17.5 Å². The van der Waals surface area contributed by atoms with Gasteiger partial charge in [-0.3, -0.25) is 0 Å². The van der Waals surface area contributed by atoms with Crippen molar-refractivity contribution >= 4 is 3.27 Å². The maximum absolute atomic E-state index is 3.23. The van der Waals surface area contributed by atoms with Crippen LogP contribution in [-0.2, 0) is 24.7 Å². The molecule has 1 rings (SSSR count). The third kappa shape index (κ3) is 3.23. The van der Waals surface area contributed by atoms with E-state index >= 15 is 0 Å². The van der Waals surface area contributed by atoms with Gasteiger partial charge in [-0.1, -0.05) is 0 Å². The number of rotatable bonds is 0. The van der Waals surface area contributed by atoms with Crippen molar-refractivity contribution in [2.24, 2.45) is 0 Å². The second-order valence-corrected chi connectivity index (χ2v) is 3.32. The van der Waals surface area contributed by atoms with Gasteiger partial charge in [-0.2, -0.15) is 0 Å². The Morgan fingerprint density at radius 1 is 1.30 bits per heavy atom. The molecule has 4 heteroatoms. The summed E-state index contributed by atoms with van der Waals surface area (Å²) in [7, 11) is 0. The van der Waals surface area contributed by atoms with Crippen molar-refractivity contribution in [1.29, 1.82) is 0 Å². The number of H-pyrrole nitrogens is 1. The zero-order valence-corrected chi connectivity index (χ0v) is 9.80. The second kappa shape index (κ2) is 5.40. The first-order chi connectivity index (χ1) is 3.70. The third-order valence-corrected chi connectivity index (χ3v) is 2.43. The molecule has 1 N–H and O–H groups in total. The molecule has 0 radical (unpaired) electrons. The van der Waals surface area contributed by atoms with E-state index in [-0.39, 0.29) is 24.8 Å². The van der Waals surface area contributed by atoms with E-state index < -0.39 is 0 Å². The fraction of sp³-hybridized carbons (Fsp3) is 0.333. The molecule has 0 bridgehead atoms. The van der Waals surface area contributed by atoms with Crippen molar-refractivity contribution in [3.8, 4) is 0 Å². The summed E-state index contributed by atoms with van der Waals surface area (Å²) in [6.07, 6.45) is 0. The molecular formula is C6H8Cl2NZr. The monoisotopic (exact) mass is 254 g/mol. The van der Waals surface area contributed by atoms with E-state index in [2.05, 4.69) is 24.9 Å². The van der Waals surface area contributed by atoms with Gasteiger partial charge in [0.2, 0.25) is 0 Å². The predicted molar refractivity (Wildman–Crippen MR) is 29.9 cm³/mol. The Bertz CT molecular complexity index is 178. The Morgan fingerprint density at radius 3 is 1.90 bits per heavy atom. The van der Waals surface area contributed by atoms with Crippen molar-refractivity contribution in [2.75, 3.05) is 0 Å². The minimum atomic E-state index is 0. The average Bonchev–Trinajstić information content (AvgIpc) is 1.85. The Labute approximate surface area is 88.6 Å². The van der Waals surface area contributed by atoms with Crippen LogP contribution >= 0.6 is 0 Å². The summed E-state index contributed by atoms with van der Waals surface area (Å²) in [5.41, 5.74) is 2.59. The zero-order valence-electron chi connectivity index (χ0n) is 5.83. The first-order valence-corrected chi connectivity index (χ1v) is 3.81. The van der Waals surface area contributed by atoms with Crippen LogP contribution < -0.4 is 28.1 Å². The third-order valence-electron chi connectivity index (χ3n) is 1.15. The van der Waals surface area contributed by atoms with E-state index in [4.69, 9.17) is 0 Å². The average molecular weight is 256 g/mol. The van der Waals surface area contributed by atoms with Gasteiger partial charge in [0, 0.05) is 0 Å². The summed E-state index contributed by atoms with van der Waals surface area (Å²) in [5.74, 6) is 0. The number of hydrogen-bond donors (Lipinski definition) is 1. The molecule has 0 aliphatic carbocycles. The van der Waals surface area contributed by atoms with Gasteiger partial charge >= 0.3 is 64.3 Å². The Morgan fingerprint density at radius 2 is 1.80 bits per heavy atom. The Balaban J connectivity index is 0. The summed E-state index contributed by atoms with van der Waals surface area (Å²) in [6, 6.07) is 2.19. The molecule has 1 heterocycles. The Hall–Kier alpha value is 0.743. The minimum Gasteiger partial charge on any atom is -1.00 e. The first kappa shape index (κ1) is 13.3. The second-order valence-electron chi connectivity index (χ2n) is 1.99. The van der Waals surface area contributed by atoms with Gasteiger partial charge in [0.25, 0.3) is 0 Å². The van der Waals surface area contributed by atoms with Crippen LogP contribution in [0, 0.1) is 13.8 Å². The van der Waals surface area contributed by atoms with Crippen molar-refractivity contribution in [2.45, 2.75) is 13.8 Å². The zero-order chi connectivity index (χ0) is 6.15. The number of halogens is 2. The van der Waals surface area contributed by atoms with E-state index in [9.17, 15) is 0 Å². The van der Waals surface area contributed by atoms with Crippen LogP contribution in [0.4, 0.5) is 0 Å². The summed E-state index contributed by atoms with van der Waals surface area (Å²) in [5, 5.41) is 0. The molecule has 0 saturated heterocycles. The van der Waals surface area contributed by atoms with Gasteiger partial charge in [-0.05, 0) is 0 Å². The molecule has 0 spiro atoms.